The van der Waals surface area contributed by atoms with Gasteiger partial charge >= 0.3 is 0 Å². The van der Waals surface area contributed by atoms with Crippen molar-refractivity contribution >= 4 is 0 Å². The van der Waals surface area contributed by atoms with E-state index in [0.717, 1.165) is 5.92 Å². The van der Waals surface area contributed by atoms with Gasteiger partial charge in [0, 0.05) is 17.8 Å². The van der Waals surface area contributed by atoms with Crippen LogP contribution in [0.3, 0.4) is 0 Å². The van der Waals surface area contributed by atoms with E-state index in [1.165, 1.54) is 30.5 Å². The van der Waals surface area contributed by atoms with E-state index in [4.69, 9.17) is 0 Å². The molecule has 1 atom stereocenters. The van der Waals surface area contributed by atoms with Gasteiger partial charge in [-0.15, -0.1) is 0 Å². The third kappa shape index (κ3) is 2.93. The molecule has 2 aromatic rings. The Balaban J connectivity index is 1.87. The molecule has 0 aliphatic heterocycles. The number of hydrogen-bond acceptors (Lipinski definition) is 1. The second kappa shape index (κ2) is 5.83. The van der Waals surface area contributed by atoms with E-state index in [1.54, 1.807) is 0 Å². The lowest BCUT2D eigenvalue weighted by Crippen LogP contribution is -2.08. The molecule has 0 radical (unpaired) electrons. The molecule has 1 heterocycles. The zero-order valence-electron chi connectivity index (χ0n) is 11.1. The first kappa shape index (κ1) is 12.2. The van der Waals surface area contributed by atoms with Crippen molar-refractivity contribution in [3.63, 3.8) is 0 Å². The minimum atomic E-state index is 0.423. The second-order valence-electron chi connectivity index (χ2n) is 5.26. The Labute approximate surface area is 115 Å². The Hall–Kier alpha value is -1.89. The maximum absolute atomic E-state index is 4.58. The van der Waals surface area contributed by atoms with E-state index < -0.39 is 0 Å². The fourth-order valence-electron chi connectivity index (χ4n) is 2.89. The molecule has 3 rings (SSSR count). The number of allylic oxidation sites excluding steroid dienone is 2. The molecule has 0 N–H and O–H groups in total. The summed E-state index contributed by atoms with van der Waals surface area (Å²) >= 11 is 0. The van der Waals surface area contributed by atoms with Gasteiger partial charge in [0.05, 0.1) is 0 Å². The summed E-state index contributed by atoms with van der Waals surface area (Å²) in [4.78, 5) is 4.58. The van der Waals surface area contributed by atoms with E-state index in [0.29, 0.717) is 5.92 Å². The van der Waals surface area contributed by atoms with Crippen LogP contribution in [0.15, 0.2) is 66.9 Å². The summed E-state index contributed by atoms with van der Waals surface area (Å²) in [6.07, 6.45) is 10.1. The fraction of sp³-hybridized carbons (Fsp3) is 0.278. The number of rotatable bonds is 4. The largest absolute Gasteiger partial charge is 0.261 e. The van der Waals surface area contributed by atoms with Crippen LogP contribution in [0, 0.1) is 5.92 Å². The first-order chi connectivity index (χ1) is 9.43. The van der Waals surface area contributed by atoms with E-state index >= 15 is 0 Å². The van der Waals surface area contributed by atoms with Gasteiger partial charge in [0.25, 0.3) is 0 Å². The van der Waals surface area contributed by atoms with Gasteiger partial charge in [0.1, 0.15) is 0 Å². The first-order valence-corrected chi connectivity index (χ1v) is 7.04. The monoisotopic (exact) mass is 249 g/mol. The highest BCUT2D eigenvalue weighted by Gasteiger charge is 2.21. The van der Waals surface area contributed by atoms with Gasteiger partial charge in [-0.05, 0) is 42.9 Å². The maximum atomic E-state index is 4.58. The van der Waals surface area contributed by atoms with Crippen molar-refractivity contribution in [2.75, 3.05) is 0 Å². The predicted molar refractivity (Wildman–Crippen MR) is 79.0 cm³/mol. The lowest BCUT2D eigenvalue weighted by atomic mass is 9.85. The Morgan fingerprint density at radius 1 is 0.947 bits per heavy atom. The zero-order chi connectivity index (χ0) is 12.9. The summed E-state index contributed by atoms with van der Waals surface area (Å²) in [6, 6.07) is 17.0. The molecule has 19 heavy (non-hydrogen) atoms. The summed E-state index contributed by atoms with van der Waals surface area (Å²) in [6.45, 7) is 0. The van der Waals surface area contributed by atoms with Crippen LogP contribution < -0.4 is 0 Å². The number of hydrogen-bond donors (Lipinski definition) is 0. The Bertz CT molecular complexity index is 483. The molecule has 0 saturated carbocycles. The SMILES string of the molecule is C1=CCC(CC(c2ccccc2)c2ccccn2)C1. The van der Waals surface area contributed by atoms with Crippen LogP contribution in [0.1, 0.15) is 36.4 Å². The van der Waals surface area contributed by atoms with Gasteiger partial charge in [-0.3, -0.25) is 4.98 Å². The quantitative estimate of drug-likeness (QED) is 0.723. The molecule has 0 bridgehead atoms. The van der Waals surface area contributed by atoms with Crippen LogP contribution in [-0.2, 0) is 0 Å². The molecule has 1 unspecified atom stereocenters. The van der Waals surface area contributed by atoms with E-state index in [9.17, 15) is 0 Å². The molecule has 0 spiro atoms. The molecule has 96 valence electrons. The molecule has 1 aromatic carbocycles. The summed E-state index contributed by atoms with van der Waals surface area (Å²) in [5.74, 6) is 1.19. The molecule has 1 aliphatic carbocycles. The normalized spacial score (nSPS) is 16.6. The zero-order valence-corrected chi connectivity index (χ0v) is 11.1. The average molecular weight is 249 g/mol. The van der Waals surface area contributed by atoms with Gasteiger partial charge in [-0.25, -0.2) is 0 Å². The van der Waals surface area contributed by atoms with Crippen molar-refractivity contribution in [1.29, 1.82) is 0 Å². The van der Waals surface area contributed by atoms with E-state index in [-0.39, 0.29) is 0 Å². The molecule has 1 heteroatoms. The van der Waals surface area contributed by atoms with Gasteiger partial charge in [0.2, 0.25) is 0 Å². The van der Waals surface area contributed by atoms with E-state index in [1.807, 2.05) is 12.3 Å². The first-order valence-electron chi connectivity index (χ1n) is 7.04. The third-order valence-electron chi connectivity index (χ3n) is 3.92. The molecule has 1 nitrogen and oxygen atoms in total. The number of nitrogens with zero attached hydrogens (tertiary/aromatic N) is 1. The Morgan fingerprint density at radius 2 is 1.68 bits per heavy atom. The van der Waals surface area contributed by atoms with Crippen LogP contribution in [0.5, 0.6) is 0 Å². The number of benzene rings is 1. The lowest BCUT2D eigenvalue weighted by Gasteiger charge is -2.20. The molecule has 1 aliphatic rings. The standard InChI is InChI=1S/C18H19N/c1-2-10-16(11-3-1)17(14-15-8-4-5-9-15)18-12-6-7-13-19-18/h1-7,10-13,15,17H,8-9,14H2. The third-order valence-corrected chi connectivity index (χ3v) is 3.92. The summed E-state index contributed by atoms with van der Waals surface area (Å²) in [5, 5.41) is 0. The molecule has 0 amide bonds. The predicted octanol–water partition coefficient (Wildman–Crippen LogP) is 4.57. The summed E-state index contributed by atoms with van der Waals surface area (Å²) in [5.41, 5.74) is 2.58. The van der Waals surface area contributed by atoms with Crippen molar-refractivity contribution in [1.82, 2.24) is 4.98 Å². The van der Waals surface area contributed by atoms with Crippen LogP contribution >= 0.6 is 0 Å². The molecular formula is C18H19N. The summed E-state index contributed by atoms with van der Waals surface area (Å²) in [7, 11) is 0. The van der Waals surface area contributed by atoms with Crippen LogP contribution in [-0.4, -0.2) is 4.98 Å². The Kier molecular flexibility index (Phi) is 3.73. The van der Waals surface area contributed by atoms with Crippen molar-refractivity contribution in [2.45, 2.75) is 25.2 Å². The number of pyridine rings is 1. The van der Waals surface area contributed by atoms with Gasteiger partial charge < -0.3 is 0 Å². The van der Waals surface area contributed by atoms with Crippen LogP contribution in [0.2, 0.25) is 0 Å². The van der Waals surface area contributed by atoms with E-state index in [2.05, 4.69) is 59.6 Å². The average Bonchev–Trinajstić information content (AvgIpc) is 3.00. The molecular weight excluding hydrogens is 230 g/mol. The molecule has 0 saturated heterocycles. The van der Waals surface area contributed by atoms with Gasteiger partial charge in [-0.1, -0.05) is 48.6 Å². The van der Waals surface area contributed by atoms with Crippen molar-refractivity contribution < 1.29 is 0 Å². The fourth-order valence-corrected chi connectivity index (χ4v) is 2.89. The van der Waals surface area contributed by atoms with Crippen LogP contribution in [0.4, 0.5) is 0 Å². The Morgan fingerprint density at radius 3 is 2.37 bits per heavy atom. The highest BCUT2D eigenvalue weighted by molar-refractivity contribution is 5.28. The topological polar surface area (TPSA) is 12.9 Å². The minimum absolute atomic E-state index is 0.423. The number of aromatic nitrogens is 1. The summed E-state index contributed by atoms with van der Waals surface area (Å²) < 4.78 is 0. The minimum Gasteiger partial charge on any atom is -0.261 e. The highest BCUT2D eigenvalue weighted by atomic mass is 14.7. The lowest BCUT2D eigenvalue weighted by molar-refractivity contribution is 0.483. The molecule has 1 aromatic heterocycles. The highest BCUT2D eigenvalue weighted by Crippen LogP contribution is 2.34. The maximum Gasteiger partial charge on any atom is 0.0478 e. The van der Waals surface area contributed by atoms with Crippen LogP contribution in [0.25, 0.3) is 0 Å². The van der Waals surface area contributed by atoms with Gasteiger partial charge in [-0.2, -0.15) is 0 Å². The van der Waals surface area contributed by atoms with Crippen molar-refractivity contribution in [3.8, 4) is 0 Å². The van der Waals surface area contributed by atoms with Crippen molar-refractivity contribution in [2.24, 2.45) is 5.92 Å². The van der Waals surface area contributed by atoms with Crippen molar-refractivity contribution in [3.05, 3.63) is 78.1 Å². The smallest absolute Gasteiger partial charge is 0.0478 e. The molecule has 0 fully saturated rings. The van der Waals surface area contributed by atoms with Gasteiger partial charge in [0.15, 0.2) is 0 Å². The second-order valence-corrected chi connectivity index (χ2v) is 5.26.